The molecule has 10 nitrogen and oxygen atoms in total. The van der Waals surface area contributed by atoms with Gasteiger partial charge in [0.15, 0.2) is 0 Å². The average Bonchev–Trinajstić information content (AvgIpc) is 3.49. The number of aromatic nitrogens is 5. The first-order valence-corrected chi connectivity index (χ1v) is 11.8. The van der Waals surface area contributed by atoms with E-state index in [1.165, 1.54) is 28.0 Å². The lowest BCUT2D eigenvalue weighted by molar-refractivity contribution is -0.121. The summed E-state index contributed by atoms with van der Waals surface area (Å²) in [5.74, 6) is -4.25. The normalized spacial score (nSPS) is 16.6. The Bertz CT molecular complexity index is 1270. The van der Waals surface area contributed by atoms with Gasteiger partial charge < -0.3 is 15.6 Å². The van der Waals surface area contributed by atoms with Crippen molar-refractivity contribution in [1.82, 2.24) is 29.9 Å². The number of hydrogen-bond acceptors (Lipinski definition) is 5. The van der Waals surface area contributed by atoms with Crippen molar-refractivity contribution in [2.24, 2.45) is 5.92 Å². The molecule has 1 aliphatic carbocycles. The van der Waals surface area contributed by atoms with Crippen LogP contribution < -0.4 is 16.2 Å². The van der Waals surface area contributed by atoms with E-state index in [0.29, 0.717) is 11.3 Å². The van der Waals surface area contributed by atoms with Crippen LogP contribution in [0.25, 0.3) is 0 Å². The van der Waals surface area contributed by atoms with E-state index in [9.17, 15) is 23.2 Å². The van der Waals surface area contributed by atoms with Crippen LogP contribution in [0.4, 0.5) is 14.5 Å². The van der Waals surface area contributed by atoms with Gasteiger partial charge in [0, 0.05) is 43.0 Å². The fourth-order valence-corrected chi connectivity index (χ4v) is 4.40. The van der Waals surface area contributed by atoms with Crippen molar-refractivity contribution in [1.29, 1.82) is 0 Å². The number of carbonyl (C=O) groups is 2. The van der Waals surface area contributed by atoms with Crippen molar-refractivity contribution in [3.8, 4) is 0 Å². The molecule has 0 aliphatic heterocycles. The number of alkyl halides is 2. The zero-order valence-corrected chi connectivity index (χ0v) is 20.1. The second-order valence-electron chi connectivity index (χ2n) is 9.34. The minimum Gasteiger partial charge on any atom is -0.339 e. The monoisotopic (exact) mass is 501 g/mol. The first-order valence-electron chi connectivity index (χ1n) is 11.8. The van der Waals surface area contributed by atoms with Gasteiger partial charge in [0.25, 0.3) is 11.5 Å². The molecule has 36 heavy (non-hydrogen) atoms. The summed E-state index contributed by atoms with van der Waals surface area (Å²) in [5, 5.41) is 13.8. The molecule has 3 N–H and O–H groups in total. The molecule has 1 aliphatic rings. The first-order chi connectivity index (χ1) is 17.1. The Balaban J connectivity index is 1.50. The van der Waals surface area contributed by atoms with Gasteiger partial charge >= 0.3 is 0 Å². The summed E-state index contributed by atoms with van der Waals surface area (Å²) in [4.78, 5) is 40.9. The number of H-pyrrole nitrogens is 1. The van der Waals surface area contributed by atoms with Gasteiger partial charge in [-0.1, -0.05) is 6.07 Å². The predicted octanol–water partition coefficient (Wildman–Crippen LogP) is 2.96. The van der Waals surface area contributed by atoms with Crippen LogP contribution in [-0.4, -0.2) is 48.3 Å². The third-order valence-electron chi connectivity index (χ3n) is 6.33. The molecule has 192 valence electrons. The van der Waals surface area contributed by atoms with E-state index in [0.717, 1.165) is 0 Å². The molecule has 3 aromatic rings. The van der Waals surface area contributed by atoms with Crippen molar-refractivity contribution in [3.63, 3.8) is 0 Å². The van der Waals surface area contributed by atoms with Crippen molar-refractivity contribution < 1.29 is 18.4 Å². The SMILES string of the molecule is CC(C)n1nccc1C(=O)N[C@H](C(=O)Nc1cnn(Cc2ccc[nH]c2=O)c1)C1CCC(F)(F)CC1. The Morgan fingerprint density at radius 3 is 2.67 bits per heavy atom. The van der Waals surface area contributed by atoms with Crippen LogP contribution in [0.1, 0.15) is 61.6 Å². The lowest BCUT2D eigenvalue weighted by atomic mass is 9.81. The minimum atomic E-state index is -2.77. The molecule has 3 heterocycles. The van der Waals surface area contributed by atoms with Gasteiger partial charge in [0.05, 0.1) is 18.4 Å². The molecule has 4 rings (SSSR count). The van der Waals surface area contributed by atoms with Gasteiger partial charge in [-0.25, -0.2) is 8.78 Å². The number of nitrogens with zero attached hydrogens (tertiary/aromatic N) is 4. The van der Waals surface area contributed by atoms with Crippen LogP contribution in [-0.2, 0) is 11.3 Å². The fraction of sp³-hybridized carbons (Fsp3) is 0.458. The number of carbonyl (C=O) groups excluding carboxylic acids is 2. The Morgan fingerprint density at radius 1 is 1.22 bits per heavy atom. The summed E-state index contributed by atoms with van der Waals surface area (Å²) in [6, 6.07) is 3.82. The van der Waals surface area contributed by atoms with Gasteiger partial charge in [-0.3, -0.25) is 23.7 Å². The standard InChI is InChI=1S/C24H29F2N7O3/c1-15(2)33-19(7-11-28-33)22(35)31-20(16-5-8-24(25,26)9-6-16)23(36)30-18-12-29-32(14-18)13-17-4-3-10-27-21(17)34/h3-4,7,10-12,14-16,20H,5-6,8-9,13H2,1-2H3,(H,27,34)(H,30,36)(H,31,35)/t20-/m0/s1. The maximum atomic E-state index is 13.8. The van der Waals surface area contributed by atoms with Crippen molar-refractivity contribution in [2.45, 2.75) is 64.1 Å². The number of amides is 2. The molecule has 3 aromatic heterocycles. The topological polar surface area (TPSA) is 127 Å². The molecule has 0 spiro atoms. The molecule has 0 radical (unpaired) electrons. The van der Waals surface area contributed by atoms with E-state index in [2.05, 4.69) is 25.8 Å². The average molecular weight is 502 g/mol. The second kappa shape index (κ2) is 10.4. The van der Waals surface area contributed by atoms with E-state index in [4.69, 9.17) is 0 Å². The lowest BCUT2D eigenvalue weighted by Crippen LogP contribution is -2.50. The van der Waals surface area contributed by atoms with Crippen LogP contribution in [0.15, 0.2) is 47.8 Å². The highest BCUT2D eigenvalue weighted by atomic mass is 19.3. The summed E-state index contributed by atoms with van der Waals surface area (Å²) in [6.07, 6.45) is 5.54. The summed E-state index contributed by atoms with van der Waals surface area (Å²) in [5.41, 5.74) is 0.898. The molecule has 0 saturated heterocycles. The van der Waals surface area contributed by atoms with Crippen LogP contribution in [0, 0.1) is 5.92 Å². The maximum absolute atomic E-state index is 13.8. The Labute approximate surface area is 206 Å². The molecule has 1 atom stereocenters. The fourth-order valence-electron chi connectivity index (χ4n) is 4.40. The van der Waals surface area contributed by atoms with Crippen molar-refractivity contribution in [3.05, 3.63) is 64.6 Å². The van der Waals surface area contributed by atoms with Gasteiger partial charge in [-0.05, 0) is 44.7 Å². The van der Waals surface area contributed by atoms with Crippen LogP contribution in [0.5, 0.6) is 0 Å². The zero-order chi connectivity index (χ0) is 25.9. The molecule has 0 unspecified atom stereocenters. The number of anilines is 1. The number of pyridine rings is 1. The number of halogens is 2. The number of nitrogens with one attached hydrogen (secondary N) is 3. The van der Waals surface area contributed by atoms with E-state index in [1.807, 2.05) is 13.8 Å². The molecular formula is C24H29F2N7O3. The van der Waals surface area contributed by atoms with Crippen LogP contribution in [0.2, 0.25) is 0 Å². The van der Waals surface area contributed by atoms with E-state index in [1.54, 1.807) is 24.4 Å². The third-order valence-corrected chi connectivity index (χ3v) is 6.33. The van der Waals surface area contributed by atoms with Gasteiger partial charge in [-0.15, -0.1) is 0 Å². The molecule has 2 amide bonds. The Morgan fingerprint density at radius 2 is 1.97 bits per heavy atom. The smallest absolute Gasteiger partial charge is 0.270 e. The molecule has 12 heteroatoms. The van der Waals surface area contributed by atoms with E-state index in [-0.39, 0.29) is 49.5 Å². The summed E-state index contributed by atoms with van der Waals surface area (Å²) < 4.78 is 30.6. The van der Waals surface area contributed by atoms with Crippen LogP contribution >= 0.6 is 0 Å². The highest BCUT2D eigenvalue weighted by Gasteiger charge is 2.40. The van der Waals surface area contributed by atoms with Crippen LogP contribution in [0.3, 0.4) is 0 Å². The second-order valence-corrected chi connectivity index (χ2v) is 9.34. The van der Waals surface area contributed by atoms with Gasteiger partial charge in [0.1, 0.15) is 11.7 Å². The van der Waals surface area contributed by atoms with E-state index >= 15 is 0 Å². The zero-order valence-electron chi connectivity index (χ0n) is 20.1. The summed E-state index contributed by atoms with van der Waals surface area (Å²) in [7, 11) is 0. The third kappa shape index (κ3) is 5.86. The highest BCUT2D eigenvalue weighted by molar-refractivity contribution is 6.00. The Kier molecular flexibility index (Phi) is 7.32. The minimum absolute atomic E-state index is 0.0795. The predicted molar refractivity (Wildman–Crippen MR) is 128 cm³/mol. The number of hydrogen-bond donors (Lipinski definition) is 3. The largest absolute Gasteiger partial charge is 0.339 e. The number of aromatic amines is 1. The Hall–Kier alpha value is -3.83. The van der Waals surface area contributed by atoms with Gasteiger partial charge in [0.2, 0.25) is 11.8 Å². The quantitative estimate of drug-likeness (QED) is 0.437. The van der Waals surface area contributed by atoms with E-state index < -0.39 is 29.7 Å². The highest BCUT2D eigenvalue weighted by Crippen LogP contribution is 2.37. The lowest BCUT2D eigenvalue weighted by Gasteiger charge is -2.33. The van der Waals surface area contributed by atoms with Gasteiger partial charge in [-0.2, -0.15) is 10.2 Å². The maximum Gasteiger partial charge on any atom is 0.270 e. The summed E-state index contributed by atoms with van der Waals surface area (Å²) in [6.45, 7) is 3.94. The summed E-state index contributed by atoms with van der Waals surface area (Å²) >= 11 is 0. The number of rotatable bonds is 8. The molecule has 0 aromatic carbocycles. The first kappa shape index (κ1) is 25.3. The molecular weight excluding hydrogens is 472 g/mol. The molecule has 1 saturated carbocycles. The molecule has 0 bridgehead atoms. The molecule has 1 fully saturated rings. The van der Waals surface area contributed by atoms with Crippen molar-refractivity contribution in [2.75, 3.05) is 5.32 Å². The van der Waals surface area contributed by atoms with Crippen molar-refractivity contribution >= 4 is 17.5 Å².